The smallest absolute Gasteiger partial charge is 0.156 e. The Morgan fingerprint density at radius 2 is 1.84 bits per heavy atom. The SMILES string of the molecule is Cc1cc(Nc2cc(N3CCN(C)CC3)nc(/C=C/C3=Cc4ccccc4C3)n2)n[nH]1. The second-order valence-corrected chi connectivity index (χ2v) is 8.25. The van der Waals surface area contributed by atoms with Crippen molar-refractivity contribution in [1.82, 2.24) is 25.1 Å². The van der Waals surface area contributed by atoms with E-state index in [4.69, 9.17) is 9.97 Å². The highest BCUT2D eigenvalue weighted by molar-refractivity contribution is 5.69. The minimum atomic E-state index is 0.697. The van der Waals surface area contributed by atoms with Crippen molar-refractivity contribution in [1.29, 1.82) is 0 Å². The van der Waals surface area contributed by atoms with Crippen LogP contribution in [0.4, 0.5) is 17.5 Å². The molecule has 2 aromatic heterocycles. The highest BCUT2D eigenvalue weighted by Crippen LogP contribution is 2.26. The van der Waals surface area contributed by atoms with Gasteiger partial charge in [-0.15, -0.1) is 0 Å². The van der Waals surface area contributed by atoms with E-state index in [1.807, 2.05) is 25.1 Å². The van der Waals surface area contributed by atoms with Gasteiger partial charge in [0.05, 0.1) is 0 Å². The molecule has 3 heterocycles. The number of nitrogens with one attached hydrogen (secondary N) is 2. The van der Waals surface area contributed by atoms with Crippen molar-refractivity contribution in [3.8, 4) is 0 Å². The molecular formula is C24H27N7. The van der Waals surface area contributed by atoms with E-state index in [1.165, 1.54) is 16.7 Å². The maximum Gasteiger partial charge on any atom is 0.156 e. The second-order valence-electron chi connectivity index (χ2n) is 8.25. The van der Waals surface area contributed by atoms with Crippen molar-refractivity contribution in [2.45, 2.75) is 13.3 Å². The fourth-order valence-electron chi connectivity index (χ4n) is 4.00. The van der Waals surface area contributed by atoms with E-state index in [2.05, 4.69) is 68.8 Å². The van der Waals surface area contributed by atoms with Crippen LogP contribution in [0.3, 0.4) is 0 Å². The number of anilines is 3. The van der Waals surface area contributed by atoms with E-state index in [0.717, 1.165) is 55.7 Å². The Bertz CT molecular complexity index is 1140. The quantitative estimate of drug-likeness (QED) is 0.665. The van der Waals surface area contributed by atoms with Gasteiger partial charge in [-0.2, -0.15) is 5.10 Å². The minimum Gasteiger partial charge on any atom is -0.354 e. The van der Waals surface area contributed by atoms with E-state index < -0.39 is 0 Å². The Hall–Kier alpha value is -3.45. The van der Waals surface area contributed by atoms with Crippen LogP contribution in [0.5, 0.6) is 0 Å². The van der Waals surface area contributed by atoms with Crippen LogP contribution in [-0.2, 0) is 6.42 Å². The fourth-order valence-corrected chi connectivity index (χ4v) is 4.00. The third-order valence-electron chi connectivity index (χ3n) is 5.76. The molecule has 0 amide bonds. The molecular weight excluding hydrogens is 386 g/mol. The molecule has 158 valence electrons. The van der Waals surface area contributed by atoms with Gasteiger partial charge in [0, 0.05) is 44.0 Å². The highest BCUT2D eigenvalue weighted by atomic mass is 15.3. The van der Waals surface area contributed by atoms with E-state index >= 15 is 0 Å². The van der Waals surface area contributed by atoms with Gasteiger partial charge in [-0.25, -0.2) is 9.97 Å². The molecule has 7 nitrogen and oxygen atoms in total. The number of aromatic amines is 1. The lowest BCUT2D eigenvalue weighted by molar-refractivity contribution is 0.312. The molecule has 0 unspecified atom stereocenters. The Labute approximate surface area is 182 Å². The third-order valence-corrected chi connectivity index (χ3v) is 5.76. The molecule has 1 saturated heterocycles. The summed E-state index contributed by atoms with van der Waals surface area (Å²) in [5.41, 5.74) is 4.94. The van der Waals surface area contributed by atoms with Crippen LogP contribution in [0.25, 0.3) is 12.2 Å². The number of hydrogen-bond donors (Lipinski definition) is 2. The monoisotopic (exact) mass is 413 g/mol. The third kappa shape index (κ3) is 4.51. The summed E-state index contributed by atoms with van der Waals surface area (Å²) in [4.78, 5) is 14.2. The first-order valence-corrected chi connectivity index (χ1v) is 10.7. The molecule has 0 spiro atoms. The largest absolute Gasteiger partial charge is 0.354 e. The number of fused-ring (bicyclic) bond motifs is 1. The molecule has 0 saturated carbocycles. The van der Waals surface area contributed by atoms with Gasteiger partial charge in [0.2, 0.25) is 0 Å². The van der Waals surface area contributed by atoms with Gasteiger partial charge in [0.15, 0.2) is 11.6 Å². The summed E-state index contributed by atoms with van der Waals surface area (Å²) >= 11 is 0. The molecule has 1 fully saturated rings. The molecule has 2 N–H and O–H groups in total. The first kappa shape index (κ1) is 19.5. The highest BCUT2D eigenvalue weighted by Gasteiger charge is 2.17. The van der Waals surface area contributed by atoms with E-state index in [0.29, 0.717) is 5.82 Å². The summed E-state index contributed by atoms with van der Waals surface area (Å²) in [6.45, 7) is 5.95. The van der Waals surface area contributed by atoms with E-state index in [-0.39, 0.29) is 0 Å². The lowest BCUT2D eigenvalue weighted by Crippen LogP contribution is -2.44. The van der Waals surface area contributed by atoms with E-state index in [9.17, 15) is 0 Å². The van der Waals surface area contributed by atoms with Crippen molar-refractivity contribution >= 4 is 29.6 Å². The molecule has 1 aromatic carbocycles. The zero-order valence-electron chi connectivity index (χ0n) is 18.0. The predicted octanol–water partition coefficient (Wildman–Crippen LogP) is 3.66. The first-order valence-electron chi connectivity index (χ1n) is 10.7. The summed E-state index contributed by atoms with van der Waals surface area (Å²) in [7, 11) is 2.16. The molecule has 0 radical (unpaired) electrons. The number of piperazine rings is 1. The number of benzene rings is 1. The summed E-state index contributed by atoms with van der Waals surface area (Å²) in [5.74, 6) is 3.15. The van der Waals surface area contributed by atoms with Crippen LogP contribution in [-0.4, -0.2) is 58.3 Å². The number of aryl methyl sites for hydroxylation is 1. The molecule has 5 rings (SSSR count). The Balaban J connectivity index is 1.41. The molecule has 31 heavy (non-hydrogen) atoms. The Kier molecular flexibility index (Phi) is 5.26. The van der Waals surface area contributed by atoms with Gasteiger partial charge in [0.25, 0.3) is 0 Å². The standard InChI is InChI=1S/C24H27N7/c1-17-13-23(29-28-17)26-22-16-24(31-11-9-30(2)10-12-31)27-21(25-22)8-7-18-14-19-5-3-4-6-20(19)15-18/h3-8,13-14,16H,9-12,15H2,1-2H3,(H2,25,26,27,28,29)/b8-7+. The van der Waals surface area contributed by atoms with Crippen molar-refractivity contribution in [3.63, 3.8) is 0 Å². The van der Waals surface area contributed by atoms with Crippen molar-refractivity contribution in [3.05, 3.63) is 70.7 Å². The molecule has 7 heteroatoms. The maximum absolute atomic E-state index is 4.85. The number of likely N-dealkylation sites (N-methyl/N-ethyl adjacent to an activating group) is 1. The maximum atomic E-state index is 4.85. The van der Waals surface area contributed by atoms with Crippen LogP contribution in [0.15, 0.2) is 48.0 Å². The lowest BCUT2D eigenvalue weighted by atomic mass is 10.1. The molecule has 2 aliphatic rings. The predicted molar refractivity (Wildman–Crippen MR) is 126 cm³/mol. The first-order chi connectivity index (χ1) is 15.1. The Morgan fingerprint density at radius 1 is 1.00 bits per heavy atom. The second kappa shape index (κ2) is 8.35. The van der Waals surface area contributed by atoms with Crippen LogP contribution in [0.1, 0.15) is 22.6 Å². The summed E-state index contributed by atoms with van der Waals surface area (Å²) in [6.07, 6.45) is 7.33. The molecule has 1 aliphatic heterocycles. The molecule has 0 atom stereocenters. The lowest BCUT2D eigenvalue weighted by Gasteiger charge is -2.33. The van der Waals surface area contributed by atoms with Crippen LogP contribution < -0.4 is 10.2 Å². The normalized spacial score (nSPS) is 16.6. The van der Waals surface area contributed by atoms with Crippen LogP contribution in [0.2, 0.25) is 0 Å². The van der Waals surface area contributed by atoms with Crippen molar-refractivity contribution in [2.24, 2.45) is 0 Å². The average molecular weight is 414 g/mol. The number of hydrogen-bond acceptors (Lipinski definition) is 6. The van der Waals surface area contributed by atoms with E-state index in [1.54, 1.807) is 0 Å². The molecule has 0 bridgehead atoms. The average Bonchev–Trinajstić information content (AvgIpc) is 3.38. The topological polar surface area (TPSA) is 73.0 Å². The number of aromatic nitrogens is 4. The fraction of sp³-hybridized carbons (Fsp3) is 0.292. The van der Waals surface area contributed by atoms with Gasteiger partial charge in [-0.3, -0.25) is 5.10 Å². The number of rotatable bonds is 5. The van der Waals surface area contributed by atoms with Crippen molar-refractivity contribution < 1.29 is 0 Å². The number of nitrogens with zero attached hydrogens (tertiary/aromatic N) is 5. The number of allylic oxidation sites excluding steroid dienone is 2. The minimum absolute atomic E-state index is 0.697. The van der Waals surface area contributed by atoms with Gasteiger partial charge in [0.1, 0.15) is 11.6 Å². The van der Waals surface area contributed by atoms with Gasteiger partial charge >= 0.3 is 0 Å². The van der Waals surface area contributed by atoms with Crippen molar-refractivity contribution in [2.75, 3.05) is 43.4 Å². The zero-order chi connectivity index (χ0) is 21.2. The van der Waals surface area contributed by atoms with Gasteiger partial charge in [-0.1, -0.05) is 36.4 Å². The number of H-pyrrole nitrogens is 1. The summed E-state index contributed by atoms with van der Waals surface area (Å²) < 4.78 is 0. The zero-order valence-corrected chi connectivity index (χ0v) is 18.0. The summed E-state index contributed by atoms with van der Waals surface area (Å²) in [5, 5.41) is 10.6. The van der Waals surface area contributed by atoms with Gasteiger partial charge in [-0.05, 0) is 43.2 Å². The molecule has 1 aliphatic carbocycles. The van der Waals surface area contributed by atoms with Crippen LogP contribution in [0, 0.1) is 6.92 Å². The summed E-state index contributed by atoms with van der Waals surface area (Å²) in [6, 6.07) is 12.5. The van der Waals surface area contributed by atoms with Gasteiger partial charge < -0.3 is 15.1 Å². The van der Waals surface area contributed by atoms with Crippen LogP contribution >= 0.6 is 0 Å². The Morgan fingerprint density at radius 3 is 2.61 bits per heavy atom. The molecule has 3 aromatic rings.